The number of nitrogens with one attached hydrogen (secondary N) is 1. The molecule has 0 bridgehead atoms. The zero-order chi connectivity index (χ0) is 16.0. The van der Waals surface area contributed by atoms with Crippen LogP contribution < -0.4 is 10.5 Å². The summed E-state index contributed by atoms with van der Waals surface area (Å²) in [6.07, 6.45) is -2.57. The van der Waals surface area contributed by atoms with Gasteiger partial charge in [0.15, 0.2) is 0 Å². The molecule has 1 rings (SSSR count). The molecular weight excluding hydrogens is 370 g/mol. The van der Waals surface area contributed by atoms with Crippen molar-refractivity contribution in [3.8, 4) is 0 Å². The third-order valence-electron chi connectivity index (χ3n) is 2.59. The highest BCUT2D eigenvalue weighted by molar-refractivity contribution is 9.10. The van der Waals surface area contributed by atoms with Crippen molar-refractivity contribution in [3.63, 3.8) is 0 Å². The van der Waals surface area contributed by atoms with Crippen molar-refractivity contribution in [1.82, 2.24) is 4.72 Å². The SMILES string of the molecule is Cc1cc(CN)cc(S(=O)(=O)NCCOCC(F)F)c1Br. The standard InChI is InChI=1S/C12H17BrF2N2O3S/c1-8-4-9(6-16)5-10(12(8)13)21(18,19)17-2-3-20-7-11(14)15/h4-5,11,17H,2-3,6-7,16H2,1H3. The smallest absolute Gasteiger partial charge is 0.261 e. The van der Waals surface area contributed by atoms with Crippen LogP contribution in [0.25, 0.3) is 0 Å². The molecule has 21 heavy (non-hydrogen) atoms. The Bertz CT molecular complexity index is 582. The van der Waals surface area contributed by atoms with E-state index in [-0.39, 0.29) is 24.6 Å². The predicted octanol–water partition coefficient (Wildman–Crippen LogP) is 1.78. The Hall–Kier alpha value is -0.610. The molecule has 0 fully saturated rings. The van der Waals surface area contributed by atoms with Gasteiger partial charge in [-0.15, -0.1) is 0 Å². The summed E-state index contributed by atoms with van der Waals surface area (Å²) in [5, 5.41) is 0. The molecule has 0 aliphatic heterocycles. The number of benzene rings is 1. The van der Waals surface area contributed by atoms with Crippen molar-refractivity contribution in [2.45, 2.75) is 24.8 Å². The summed E-state index contributed by atoms with van der Waals surface area (Å²) in [5.74, 6) is 0. The van der Waals surface area contributed by atoms with Crippen LogP contribution in [-0.4, -0.2) is 34.6 Å². The zero-order valence-corrected chi connectivity index (χ0v) is 13.8. The molecule has 3 N–H and O–H groups in total. The quantitative estimate of drug-likeness (QED) is 0.667. The minimum atomic E-state index is -3.77. The average molecular weight is 387 g/mol. The van der Waals surface area contributed by atoms with Crippen LogP contribution in [0.3, 0.4) is 0 Å². The van der Waals surface area contributed by atoms with Gasteiger partial charge in [-0.1, -0.05) is 6.07 Å². The van der Waals surface area contributed by atoms with Gasteiger partial charge in [0, 0.05) is 17.6 Å². The van der Waals surface area contributed by atoms with E-state index in [0.717, 1.165) is 5.56 Å². The van der Waals surface area contributed by atoms with Gasteiger partial charge in [-0.3, -0.25) is 0 Å². The number of sulfonamides is 1. The van der Waals surface area contributed by atoms with Crippen LogP contribution in [0.1, 0.15) is 11.1 Å². The summed E-state index contributed by atoms with van der Waals surface area (Å²) in [7, 11) is -3.77. The first-order chi connectivity index (χ1) is 9.77. The highest BCUT2D eigenvalue weighted by Crippen LogP contribution is 2.27. The van der Waals surface area contributed by atoms with Gasteiger partial charge in [0.1, 0.15) is 6.61 Å². The Morgan fingerprint density at radius 1 is 1.43 bits per heavy atom. The molecule has 0 aliphatic rings. The second kappa shape index (κ2) is 8.14. The highest BCUT2D eigenvalue weighted by Gasteiger charge is 2.19. The summed E-state index contributed by atoms with van der Waals surface area (Å²) in [6, 6.07) is 3.26. The number of halogens is 3. The lowest BCUT2D eigenvalue weighted by atomic mass is 10.1. The number of nitrogens with two attached hydrogens (primary N) is 1. The largest absolute Gasteiger partial charge is 0.374 e. The maximum absolute atomic E-state index is 12.2. The molecule has 0 aliphatic carbocycles. The van der Waals surface area contributed by atoms with Crippen LogP contribution in [-0.2, 0) is 21.3 Å². The normalized spacial score (nSPS) is 12.1. The fraction of sp³-hybridized carbons (Fsp3) is 0.500. The molecule has 0 atom stereocenters. The van der Waals surface area contributed by atoms with E-state index in [4.69, 9.17) is 5.73 Å². The van der Waals surface area contributed by atoms with E-state index in [1.54, 1.807) is 13.0 Å². The van der Waals surface area contributed by atoms with E-state index in [0.29, 0.717) is 10.0 Å². The summed E-state index contributed by atoms with van der Waals surface area (Å²) in [4.78, 5) is 0.0665. The molecule has 5 nitrogen and oxygen atoms in total. The molecule has 1 aromatic rings. The van der Waals surface area contributed by atoms with Crippen LogP contribution in [0.2, 0.25) is 0 Å². The lowest BCUT2D eigenvalue weighted by Crippen LogP contribution is -2.28. The number of hydrogen-bond donors (Lipinski definition) is 2. The molecular formula is C12H17BrF2N2O3S. The number of rotatable bonds is 8. The van der Waals surface area contributed by atoms with E-state index in [9.17, 15) is 17.2 Å². The second-order valence-corrected chi connectivity index (χ2v) is 6.82. The first-order valence-electron chi connectivity index (χ1n) is 6.12. The van der Waals surface area contributed by atoms with Gasteiger partial charge < -0.3 is 10.5 Å². The molecule has 120 valence electrons. The van der Waals surface area contributed by atoms with Crippen LogP contribution in [0.15, 0.2) is 21.5 Å². The van der Waals surface area contributed by atoms with Gasteiger partial charge in [0.05, 0.1) is 11.5 Å². The van der Waals surface area contributed by atoms with Crippen molar-refractivity contribution < 1.29 is 21.9 Å². The van der Waals surface area contributed by atoms with Gasteiger partial charge in [-0.2, -0.15) is 0 Å². The number of alkyl halides is 2. The third kappa shape index (κ3) is 5.59. The number of ether oxygens (including phenoxy) is 1. The lowest BCUT2D eigenvalue weighted by Gasteiger charge is -2.12. The maximum atomic E-state index is 12.2. The van der Waals surface area contributed by atoms with Crippen LogP contribution in [0.5, 0.6) is 0 Å². The minimum absolute atomic E-state index is 0.0665. The Morgan fingerprint density at radius 3 is 2.67 bits per heavy atom. The van der Waals surface area contributed by atoms with E-state index in [1.807, 2.05) is 0 Å². The van der Waals surface area contributed by atoms with Crippen LogP contribution in [0.4, 0.5) is 8.78 Å². The first kappa shape index (κ1) is 18.4. The molecule has 0 unspecified atom stereocenters. The fourth-order valence-electron chi connectivity index (χ4n) is 1.62. The Kier molecular flexibility index (Phi) is 7.14. The van der Waals surface area contributed by atoms with E-state index < -0.39 is 23.1 Å². The Morgan fingerprint density at radius 2 is 2.10 bits per heavy atom. The van der Waals surface area contributed by atoms with Gasteiger partial charge in [0.25, 0.3) is 6.43 Å². The Balaban J connectivity index is 2.76. The summed E-state index contributed by atoms with van der Waals surface area (Å²) in [5.41, 5.74) is 6.96. The van der Waals surface area contributed by atoms with Crippen molar-refractivity contribution >= 4 is 26.0 Å². The fourth-order valence-corrected chi connectivity index (χ4v) is 3.70. The minimum Gasteiger partial charge on any atom is -0.374 e. The number of aryl methyl sites for hydroxylation is 1. The van der Waals surface area contributed by atoms with E-state index in [1.165, 1.54) is 6.07 Å². The predicted molar refractivity (Wildman–Crippen MR) is 78.8 cm³/mol. The highest BCUT2D eigenvalue weighted by atomic mass is 79.9. The van der Waals surface area contributed by atoms with Gasteiger partial charge in [0.2, 0.25) is 10.0 Å². The van der Waals surface area contributed by atoms with E-state index in [2.05, 4.69) is 25.4 Å². The van der Waals surface area contributed by atoms with Crippen molar-refractivity contribution in [2.75, 3.05) is 19.8 Å². The topological polar surface area (TPSA) is 81.4 Å². The molecule has 9 heteroatoms. The zero-order valence-electron chi connectivity index (χ0n) is 11.4. The molecule has 0 spiro atoms. The molecule has 0 aromatic heterocycles. The number of hydrogen-bond acceptors (Lipinski definition) is 4. The molecule has 0 radical (unpaired) electrons. The van der Waals surface area contributed by atoms with Crippen LogP contribution >= 0.6 is 15.9 Å². The summed E-state index contributed by atoms with van der Waals surface area (Å²) in [6.45, 7) is 1.04. The first-order valence-corrected chi connectivity index (χ1v) is 8.40. The maximum Gasteiger partial charge on any atom is 0.261 e. The molecule has 0 heterocycles. The second-order valence-electron chi connectivity index (χ2n) is 4.29. The van der Waals surface area contributed by atoms with Gasteiger partial charge in [-0.25, -0.2) is 21.9 Å². The summed E-state index contributed by atoms with van der Waals surface area (Å²) >= 11 is 3.23. The lowest BCUT2D eigenvalue weighted by molar-refractivity contribution is 0.0199. The molecule has 0 saturated heterocycles. The third-order valence-corrected chi connectivity index (χ3v) is 5.39. The molecule has 0 saturated carbocycles. The summed E-state index contributed by atoms with van der Waals surface area (Å²) < 4.78 is 55.5. The van der Waals surface area contributed by atoms with Crippen molar-refractivity contribution in [2.24, 2.45) is 5.73 Å². The molecule has 0 amide bonds. The van der Waals surface area contributed by atoms with Crippen LogP contribution in [0, 0.1) is 6.92 Å². The Labute approximate surface area is 131 Å². The van der Waals surface area contributed by atoms with Gasteiger partial charge in [-0.05, 0) is 40.0 Å². The average Bonchev–Trinajstić information content (AvgIpc) is 2.40. The van der Waals surface area contributed by atoms with Gasteiger partial charge >= 0.3 is 0 Å². The molecule has 1 aromatic carbocycles. The van der Waals surface area contributed by atoms with E-state index >= 15 is 0 Å². The monoisotopic (exact) mass is 386 g/mol. The van der Waals surface area contributed by atoms with Crippen molar-refractivity contribution in [3.05, 3.63) is 27.7 Å². The van der Waals surface area contributed by atoms with Crippen molar-refractivity contribution in [1.29, 1.82) is 0 Å².